The molecule has 0 aliphatic rings. The summed E-state index contributed by atoms with van der Waals surface area (Å²) >= 11 is 6.32. The Hall–Kier alpha value is -4.16. The van der Waals surface area contributed by atoms with Gasteiger partial charge in [0.2, 0.25) is 23.6 Å². The van der Waals surface area contributed by atoms with Gasteiger partial charge in [0.25, 0.3) is 0 Å². The SMILES string of the molecule is CC(C)(Br)C(=O)NC(C)(C)C(=O)Nc1ccc(C#N)c(C(F)(F)F)c1.CC(C)(Br)C(=O)NC(C)(C)C(=O)Nc1ccc(C#N)c(C(F)(F)F)c1. The monoisotopic (exact) mass is 838 g/mol. The van der Waals surface area contributed by atoms with E-state index in [4.69, 9.17) is 10.5 Å². The summed E-state index contributed by atoms with van der Waals surface area (Å²) in [5, 5.41) is 27.2. The van der Waals surface area contributed by atoms with Crippen LogP contribution in [0.1, 0.15) is 77.6 Å². The molecule has 272 valence electrons. The van der Waals surface area contributed by atoms with E-state index in [2.05, 4.69) is 53.1 Å². The Morgan fingerprint density at radius 1 is 0.560 bits per heavy atom. The van der Waals surface area contributed by atoms with Crippen LogP contribution < -0.4 is 21.3 Å². The van der Waals surface area contributed by atoms with Crippen molar-refractivity contribution in [2.45, 2.75) is 87.5 Å². The van der Waals surface area contributed by atoms with E-state index < -0.39 is 78.0 Å². The quantitative estimate of drug-likeness (QED) is 0.163. The normalized spacial score (nSPS) is 12.3. The summed E-state index contributed by atoms with van der Waals surface area (Å²) in [5.41, 5.74) is -6.36. The Morgan fingerprint density at radius 2 is 0.840 bits per heavy atom. The van der Waals surface area contributed by atoms with Crippen LogP contribution in [0.2, 0.25) is 0 Å². The topological polar surface area (TPSA) is 164 Å². The molecular weight excluding hydrogens is 806 g/mol. The van der Waals surface area contributed by atoms with Crippen molar-refractivity contribution in [3.8, 4) is 12.1 Å². The number of amides is 4. The predicted octanol–water partition coefficient (Wildman–Crippen LogP) is 7.17. The van der Waals surface area contributed by atoms with E-state index in [0.717, 1.165) is 12.1 Å². The molecule has 2 rings (SSSR count). The summed E-state index contributed by atoms with van der Waals surface area (Å²) in [6.07, 6.45) is -9.45. The first-order chi connectivity index (χ1) is 22.4. The fourth-order valence-corrected chi connectivity index (χ4v) is 3.66. The molecule has 0 radical (unpaired) electrons. The summed E-state index contributed by atoms with van der Waals surface area (Å²) < 4.78 is 76.0. The number of anilines is 2. The first-order valence-electron chi connectivity index (χ1n) is 14.3. The van der Waals surface area contributed by atoms with Crippen molar-refractivity contribution in [2.24, 2.45) is 0 Å². The van der Waals surface area contributed by atoms with Gasteiger partial charge in [-0.2, -0.15) is 36.9 Å². The van der Waals surface area contributed by atoms with E-state index in [1.165, 1.54) is 52.0 Å². The number of rotatable bonds is 8. The molecule has 0 saturated carbocycles. The molecule has 0 saturated heterocycles. The second-order valence-electron chi connectivity index (χ2n) is 12.8. The molecule has 2 aromatic carbocycles. The molecule has 0 aromatic heterocycles. The highest BCUT2D eigenvalue weighted by Gasteiger charge is 2.38. The Bertz CT molecular complexity index is 1590. The van der Waals surface area contributed by atoms with Gasteiger partial charge >= 0.3 is 12.4 Å². The van der Waals surface area contributed by atoms with Gasteiger partial charge in [0.05, 0.1) is 43.0 Å². The lowest BCUT2D eigenvalue weighted by atomic mass is 10.0. The van der Waals surface area contributed by atoms with Gasteiger partial charge < -0.3 is 21.3 Å². The molecule has 0 atom stereocenters. The molecule has 0 bridgehead atoms. The Morgan fingerprint density at radius 3 is 1.06 bits per heavy atom. The summed E-state index contributed by atoms with van der Waals surface area (Å²) in [4.78, 5) is 48.6. The van der Waals surface area contributed by atoms with Crippen LogP contribution in [0.3, 0.4) is 0 Å². The van der Waals surface area contributed by atoms with E-state index >= 15 is 0 Å². The fraction of sp³-hybridized carbons (Fsp3) is 0.438. The molecule has 4 amide bonds. The predicted molar refractivity (Wildman–Crippen MR) is 180 cm³/mol. The molecular formula is C32H34Br2F6N6O4. The first kappa shape index (κ1) is 43.9. The van der Waals surface area contributed by atoms with Gasteiger partial charge in [-0.05, 0) is 91.8 Å². The maximum absolute atomic E-state index is 13.0. The minimum atomic E-state index is -4.73. The molecule has 0 spiro atoms. The number of nitrogens with zero attached hydrogens (tertiary/aromatic N) is 2. The second kappa shape index (κ2) is 15.8. The number of hydrogen-bond donors (Lipinski definition) is 4. The molecule has 0 aliphatic carbocycles. The van der Waals surface area contributed by atoms with Gasteiger partial charge in [-0.25, -0.2) is 0 Å². The zero-order valence-corrected chi connectivity index (χ0v) is 31.2. The lowest BCUT2D eigenvalue weighted by Crippen LogP contribution is -2.55. The van der Waals surface area contributed by atoms with Gasteiger partial charge in [0.1, 0.15) is 11.1 Å². The van der Waals surface area contributed by atoms with Crippen molar-refractivity contribution in [1.82, 2.24) is 10.6 Å². The van der Waals surface area contributed by atoms with Crippen LogP contribution in [-0.2, 0) is 31.5 Å². The van der Waals surface area contributed by atoms with E-state index in [0.29, 0.717) is 12.1 Å². The van der Waals surface area contributed by atoms with Crippen LogP contribution in [-0.4, -0.2) is 43.4 Å². The zero-order valence-electron chi connectivity index (χ0n) is 28.0. The smallest absolute Gasteiger partial charge is 0.341 e. The van der Waals surface area contributed by atoms with E-state index in [9.17, 15) is 45.5 Å². The van der Waals surface area contributed by atoms with Gasteiger partial charge in [-0.3, -0.25) is 19.2 Å². The highest BCUT2D eigenvalue weighted by atomic mass is 79.9. The van der Waals surface area contributed by atoms with Gasteiger partial charge in [-0.1, -0.05) is 31.9 Å². The number of benzene rings is 2. The zero-order chi connectivity index (χ0) is 39.3. The van der Waals surface area contributed by atoms with Crippen molar-refractivity contribution in [2.75, 3.05) is 10.6 Å². The highest BCUT2D eigenvalue weighted by molar-refractivity contribution is 9.10. The lowest BCUT2D eigenvalue weighted by molar-refractivity contribution is -0.138. The molecule has 0 fully saturated rings. The molecule has 18 heteroatoms. The standard InChI is InChI=1S/2C16H17BrF3N3O2/c2*1-14(2,17)12(24)23-15(3,4)13(25)22-10-6-5-9(8-21)11(7-10)16(18,19)20/h2*5-7H,1-4H3,(H,22,25)(H,23,24). The molecule has 10 nitrogen and oxygen atoms in total. The fourth-order valence-electron chi connectivity index (χ4n) is 3.46. The lowest BCUT2D eigenvalue weighted by Gasteiger charge is -2.28. The average Bonchev–Trinajstić information content (AvgIpc) is 2.95. The number of nitrogens with one attached hydrogen (secondary N) is 4. The number of carbonyl (C=O) groups is 4. The minimum absolute atomic E-state index is 0.128. The third-order valence-corrected chi connectivity index (χ3v) is 7.19. The number of halogens is 8. The number of nitriles is 2. The summed E-state index contributed by atoms with van der Waals surface area (Å²) in [7, 11) is 0. The van der Waals surface area contributed by atoms with E-state index in [1.807, 2.05) is 0 Å². The van der Waals surface area contributed by atoms with Crippen molar-refractivity contribution in [3.63, 3.8) is 0 Å². The van der Waals surface area contributed by atoms with Crippen LogP contribution >= 0.6 is 31.9 Å². The van der Waals surface area contributed by atoms with Crippen LogP contribution in [0.5, 0.6) is 0 Å². The van der Waals surface area contributed by atoms with E-state index in [-0.39, 0.29) is 11.4 Å². The largest absolute Gasteiger partial charge is 0.417 e. The van der Waals surface area contributed by atoms with Crippen LogP contribution in [0.25, 0.3) is 0 Å². The van der Waals surface area contributed by atoms with Crippen molar-refractivity contribution in [1.29, 1.82) is 10.5 Å². The first-order valence-corrected chi connectivity index (χ1v) is 15.8. The summed E-state index contributed by atoms with van der Waals surface area (Å²) in [5.74, 6) is -2.31. The van der Waals surface area contributed by atoms with Crippen LogP contribution in [0.4, 0.5) is 37.7 Å². The Kier molecular flexibility index (Phi) is 13.9. The van der Waals surface area contributed by atoms with E-state index in [1.54, 1.807) is 27.7 Å². The third-order valence-electron chi connectivity index (χ3n) is 6.47. The molecule has 0 aliphatic heterocycles. The molecule has 2 aromatic rings. The molecule has 4 N–H and O–H groups in total. The maximum Gasteiger partial charge on any atom is 0.417 e. The second-order valence-corrected chi connectivity index (χ2v) is 16.7. The maximum atomic E-state index is 13.0. The number of hydrogen-bond acceptors (Lipinski definition) is 6. The average molecular weight is 840 g/mol. The minimum Gasteiger partial charge on any atom is -0.341 e. The van der Waals surface area contributed by atoms with Crippen LogP contribution in [0.15, 0.2) is 36.4 Å². The van der Waals surface area contributed by atoms with Crippen molar-refractivity contribution < 1.29 is 45.5 Å². The molecule has 0 unspecified atom stereocenters. The van der Waals surface area contributed by atoms with Crippen molar-refractivity contribution in [3.05, 3.63) is 58.7 Å². The van der Waals surface area contributed by atoms with Gasteiger partial charge in [0, 0.05) is 11.4 Å². The van der Waals surface area contributed by atoms with Gasteiger partial charge in [0.15, 0.2) is 0 Å². The molecule has 0 heterocycles. The van der Waals surface area contributed by atoms with Gasteiger partial charge in [-0.15, -0.1) is 0 Å². The number of alkyl halides is 8. The Labute approximate surface area is 301 Å². The van der Waals surface area contributed by atoms with Crippen molar-refractivity contribution >= 4 is 66.9 Å². The third kappa shape index (κ3) is 12.6. The Balaban J connectivity index is 0.000000500. The molecule has 50 heavy (non-hydrogen) atoms. The number of carbonyl (C=O) groups excluding carboxylic acids is 4. The summed E-state index contributed by atoms with van der Waals surface area (Å²) in [6, 6.07) is 8.63. The van der Waals surface area contributed by atoms with Crippen LogP contribution in [0, 0.1) is 22.7 Å². The highest BCUT2D eigenvalue weighted by Crippen LogP contribution is 2.35. The summed E-state index contributed by atoms with van der Waals surface area (Å²) in [6.45, 7) is 12.1.